The zero-order valence-corrected chi connectivity index (χ0v) is 12.8. The molecule has 0 saturated carbocycles. The van der Waals surface area contributed by atoms with Gasteiger partial charge in [-0.1, -0.05) is 13.3 Å². The van der Waals surface area contributed by atoms with E-state index in [1.165, 1.54) is 0 Å². The highest BCUT2D eigenvalue weighted by Gasteiger charge is 2.30. The van der Waals surface area contributed by atoms with Crippen molar-refractivity contribution in [3.05, 3.63) is 0 Å². The molecule has 0 aromatic rings. The third-order valence-electron chi connectivity index (χ3n) is 2.68. The van der Waals surface area contributed by atoms with E-state index in [4.69, 9.17) is 8.85 Å². The highest BCUT2D eigenvalue weighted by Crippen LogP contribution is 2.16. The minimum atomic E-state index is -2.06. The van der Waals surface area contributed by atoms with Gasteiger partial charge in [-0.2, -0.15) is 0 Å². The summed E-state index contributed by atoms with van der Waals surface area (Å²) in [5.41, 5.74) is 0. The standard InChI is InChI=1S/C12H29NO3Si/c1-5-8-10-13-12(14)9-11-17(4,15-6-2)16-7-3/h12-14H,5-11H2,1-4H3. The van der Waals surface area contributed by atoms with Gasteiger partial charge in [0.05, 0.1) is 0 Å². The number of rotatable bonds is 11. The molecule has 0 aliphatic rings. The SMILES string of the molecule is CCCCNC(O)CC[Si](C)(OCC)OCC. The maximum atomic E-state index is 9.78. The summed E-state index contributed by atoms with van der Waals surface area (Å²) >= 11 is 0. The first-order valence-electron chi connectivity index (χ1n) is 6.77. The van der Waals surface area contributed by atoms with Gasteiger partial charge in [0.25, 0.3) is 0 Å². The highest BCUT2D eigenvalue weighted by molar-refractivity contribution is 6.66. The molecule has 0 aromatic heterocycles. The third kappa shape index (κ3) is 8.74. The average Bonchev–Trinajstić information content (AvgIpc) is 2.28. The molecule has 0 aliphatic carbocycles. The predicted molar refractivity (Wildman–Crippen MR) is 73.2 cm³/mol. The second-order valence-electron chi connectivity index (χ2n) is 4.36. The minimum Gasteiger partial charge on any atom is -0.395 e. The molecule has 4 nitrogen and oxygen atoms in total. The number of nitrogens with one attached hydrogen (secondary N) is 1. The van der Waals surface area contributed by atoms with Crippen LogP contribution in [-0.2, 0) is 8.85 Å². The van der Waals surface area contributed by atoms with Gasteiger partial charge in [0.2, 0.25) is 0 Å². The van der Waals surface area contributed by atoms with Crippen molar-refractivity contribution in [3.63, 3.8) is 0 Å². The summed E-state index contributed by atoms with van der Waals surface area (Å²) in [6.07, 6.45) is 2.51. The average molecular weight is 263 g/mol. The van der Waals surface area contributed by atoms with Crippen molar-refractivity contribution in [1.82, 2.24) is 5.32 Å². The van der Waals surface area contributed by atoms with E-state index in [1.54, 1.807) is 0 Å². The van der Waals surface area contributed by atoms with Crippen LogP contribution < -0.4 is 5.32 Å². The molecule has 0 radical (unpaired) electrons. The van der Waals surface area contributed by atoms with Crippen LogP contribution in [0, 0.1) is 0 Å². The summed E-state index contributed by atoms with van der Waals surface area (Å²) < 4.78 is 11.4. The van der Waals surface area contributed by atoms with Crippen molar-refractivity contribution in [2.24, 2.45) is 0 Å². The smallest absolute Gasteiger partial charge is 0.335 e. The van der Waals surface area contributed by atoms with E-state index in [0.717, 1.165) is 25.4 Å². The molecule has 5 heteroatoms. The lowest BCUT2D eigenvalue weighted by atomic mass is 10.3. The lowest BCUT2D eigenvalue weighted by Gasteiger charge is -2.27. The van der Waals surface area contributed by atoms with Crippen LogP contribution in [0.4, 0.5) is 0 Å². The summed E-state index contributed by atoms with van der Waals surface area (Å²) in [5.74, 6) is 0. The first-order chi connectivity index (χ1) is 8.08. The molecule has 2 N–H and O–H groups in total. The molecule has 0 fully saturated rings. The summed E-state index contributed by atoms with van der Waals surface area (Å²) in [4.78, 5) is 0. The maximum Gasteiger partial charge on any atom is 0.335 e. The molecule has 0 aromatic carbocycles. The third-order valence-corrected chi connectivity index (χ3v) is 5.68. The van der Waals surface area contributed by atoms with Crippen molar-refractivity contribution >= 4 is 8.56 Å². The van der Waals surface area contributed by atoms with Gasteiger partial charge in [-0.15, -0.1) is 0 Å². The maximum absolute atomic E-state index is 9.78. The molecule has 17 heavy (non-hydrogen) atoms. The van der Waals surface area contributed by atoms with Crippen molar-refractivity contribution in [3.8, 4) is 0 Å². The molecule has 0 bridgehead atoms. The lowest BCUT2D eigenvalue weighted by molar-refractivity contribution is 0.123. The first kappa shape index (κ1) is 17.1. The molecule has 0 saturated heterocycles. The molecule has 0 rings (SSSR count). The van der Waals surface area contributed by atoms with Crippen LogP contribution in [0.25, 0.3) is 0 Å². The topological polar surface area (TPSA) is 50.7 Å². The van der Waals surface area contributed by atoms with E-state index in [2.05, 4.69) is 18.8 Å². The second kappa shape index (κ2) is 10.0. The van der Waals surface area contributed by atoms with E-state index in [1.807, 2.05) is 13.8 Å². The molecule has 1 atom stereocenters. The first-order valence-corrected chi connectivity index (χ1v) is 9.29. The Morgan fingerprint density at radius 2 is 1.76 bits per heavy atom. The highest BCUT2D eigenvalue weighted by atomic mass is 28.4. The predicted octanol–water partition coefficient (Wildman–Crippen LogP) is 2.23. The van der Waals surface area contributed by atoms with Crippen LogP contribution in [0.5, 0.6) is 0 Å². The van der Waals surface area contributed by atoms with Gasteiger partial charge < -0.3 is 14.0 Å². The lowest BCUT2D eigenvalue weighted by Crippen LogP contribution is -2.41. The fourth-order valence-electron chi connectivity index (χ4n) is 1.74. The molecule has 1 unspecified atom stereocenters. The fraction of sp³-hybridized carbons (Fsp3) is 1.00. The number of aliphatic hydroxyl groups is 1. The number of hydrogen-bond acceptors (Lipinski definition) is 4. The Morgan fingerprint density at radius 1 is 1.18 bits per heavy atom. The Bertz CT molecular complexity index is 175. The minimum absolute atomic E-state index is 0.436. The van der Waals surface area contributed by atoms with Crippen molar-refractivity contribution < 1.29 is 14.0 Å². The molecular weight excluding hydrogens is 234 g/mol. The van der Waals surface area contributed by atoms with Crippen LogP contribution >= 0.6 is 0 Å². The van der Waals surface area contributed by atoms with Gasteiger partial charge in [-0.25, -0.2) is 0 Å². The van der Waals surface area contributed by atoms with Crippen molar-refractivity contribution in [2.75, 3.05) is 19.8 Å². The Kier molecular flexibility index (Phi) is 10.1. The number of hydrogen-bond donors (Lipinski definition) is 2. The Balaban J connectivity index is 3.86. The molecule has 0 heterocycles. The fourth-order valence-corrected chi connectivity index (χ4v) is 4.13. The van der Waals surface area contributed by atoms with Gasteiger partial charge in [0.1, 0.15) is 6.23 Å². The van der Waals surface area contributed by atoms with Crippen molar-refractivity contribution in [1.29, 1.82) is 0 Å². The Labute approximate surface area is 107 Å². The van der Waals surface area contributed by atoms with Gasteiger partial charge in [0, 0.05) is 13.2 Å². The quantitative estimate of drug-likeness (QED) is 0.341. The molecule has 0 aliphatic heterocycles. The number of aliphatic hydroxyl groups excluding tert-OH is 1. The van der Waals surface area contributed by atoms with E-state index in [0.29, 0.717) is 19.6 Å². The molecular formula is C12H29NO3Si. The van der Waals surface area contributed by atoms with Crippen LogP contribution in [0.2, 0.25) is 12.6 Å². The summed E-state index contributed by atoms with van der Waals surface area (Å²) in [7, 11) is -2.06. The molecule has 104 valence electrons. The van der Waals surface area contributed by atoms with E-state index < -0.39 is 14.8 Å². The summed E-state index contributed by atoms with van der Waals surface area (Å²) in [6.45, 7) is 10.4. The van der Waals surface area contributed by atoms with E-state index >= 15 is 0 Å². The zero-order chi connectivity index (χ0) is 13.1. The van der Waals surface area contributed by atoms with Crippen LogP contribution in [0.15, 0.2) is 0 Å². The zero-order valence-electron chi connectivity index (χ0n) is 11.8. The van der Waals surface area contributed by atoms with Gasteiger partial charge in [-0.3, -0.25) is 5.32 Å². The van der Waals surface area contributed by atoms with Gasteiger partial charge >= 0.3 is 8.56 Å². The monoisotopic (exact) mass is 263 g/mol. The van der Waals surface area contributed by atoms with Gasteiger partial charge in [0.15, 0.2) is 0 Å². The second-order valence-corrected chi connectivity index (χ2v) is 7.71. The Hall–Kier alpha value is 0.0569. The van der Waals surface area contributed by atoms with Crippen LogP contribution in [0.1, 0.15) is 40.0 Å². The Morgan fingerprint density at radius 3 is 2.24 bits per heavy atom. The van der Waals surface area contributed by atoms with E-state index in [-0.39, 0.29) is 0 Å². The van der Waals surface area contributed by atoms with E-state index in [9.17, 15) is 5.11 Å². The van der Waals surface area contributed by atoms with Crippen LogP contribution in [0.3, 0.4) is 0 Å². The molecule has 0 spiro atoms. The van der Waals surface area contributed by atoms with Crippen LogP contribution in [-0.4, -0.2) is 39.7 Å². The van der Waals surface area contributed by atoms with Gasteiger partial charge in [-0.05, 0) is 45.8 Å². The number of unbranched alkanes of at least 4 members (excludes halogenated alkanes) is 1. The summed E-state index contributed by atoms with van der Waals surface area (Å²) in [6, 6.07) is 0.828. The van der Waals surface area contributed by atoms with Crippen molar-refractivity contribution in [2.45, 2.75) is 58.9 Å². The molecule has 0 amide bonds. The normalized spacial score (nSPS) is 13.9. The largest absolute Gasteiger partial charge is 0.395 e. The summed E-state index contributed by atoms with van der Waals surface area (Å²) in [5, 5.41) is 12.9.